The molecule has 0 bridgehead atoms. The van der Waals surface area contributed by atoms with Gasteiger partial charge in [-0.25, -0.2) is 15.4 Å². The maximum Gasteiger partial charge on any atom is 0.277 e. The summed E-state index contributed by atoms with van der Waals surface area (Å²) in [6, 6.07) is -0.296. The van der Waals surface area contributed by atoms with E-state index in [1.807, 2.05) is 13.8 Å². The maximum atomic E-state index is 12.2. The summed E-state index contributed by atoms with van der Waals surface area (Å²) in [5, 5.41) is 11.6. The summed E-state index contributed by atoms with van der Waals surface area (Å²) in [7, 11) is 0. The first-order valence-corrected chi connectivity index (χ1v) is 8.07. The zero-order valence-corrected chi connectivity index (χ0v) is 13.6. The van der Waals surface area contributed by atoms with Crippen LogP contribution in [0.1, 0.15) is 68.2 Å². The molecule has 126 valence electrons. The van der Waals surface area contributed by atoms with Crippen molar-refractivity contribution in [3.8, 4) is 0 Å². The van der Waals surface area contributed by atoms with Gasteiger partial charge in [-0.3, -0.25) is 14.8 Å². The van der Waals surface area contributed by atoms with Crippen LogP contribution < -0.4 is 10.8 Å². The fraction of sp³-hybridized carbons (Fsp3) is 0.625. The summed E-state index contributed by atoms with van der Waals surface area (Å²) in [5.41, 5.74) is 1.70. The Kier molecular flexibility index (Phi) is 6.04. The standard InChI is InChI=1S/C16H24N4O3/c1-10(2)14(19-13(21)7-11-5-3-4-6-11)15-17-8-12(9-18-15)16(22)20-23/h8-11,14,23H,3-7H2,1-2H3,(H,19,21)(H,20,22)/t14-/m0/s1. The van der Waals surface area contributed by atoms with Gasteiger partial charge in [-0.15, -0.1) is 0 Å². The molecule has 1 fully saturated rings. The van der Waals surface area contributed by atoms with Gasteiger partial charge < -0.3 is 5.32 Å². The fourth-order valence-electron chi connectivity index (χ4n) is 2.92. The smallest absolute Gasteiger partial charge is 0.277 e. The van der Waals surface area contributed by atoms with Crippen molar-refractivity contribution in [1.29, 1.82) is 0 Å². The summed E-state index contributed by atoms with van der Waals surface area (Å²) in [6.07, 6.45) is 7.90. The molecule has 1 aromatic heterocycles. The number of nitrogens with zero attached hydrogens (tertiary/aromatic N) is 2. The van der Waals surface area contributed by atoms with Gasteiger partial charge in [-0.05, 0) is 24.7 Å². The minimum Gasteiger partial charge on any atom is -0.346 e. The summed E-state index contributed by atoms with van der Waals surface area (Å²) < 4.78 is 0. The van der Waals surface area contributed by atoms with E-state index in [9.17, 15) is 9.59 Å². The number of carbonyl (C=O) groups is 2. The second kappa shape index (κ2) is 8.01. The van der Waals surface area contributed by atoms with Gasteiger partial charge >= 0.3 is 0 Å². The van der Waals surface area contributed by atoms with Crippen LogP contribution >= 0.6 is 0 Å². The van der Waals surface area contributed by atoms with Crippen LogP contribution in [-0.2, 0) is 4.79 Å². The molecule has 7 nitrogen and oxygen atoms in total. The molecule has 3 N–H and O–H groups in total. The molecule has 2 amide bonds. The van der Waals surface area contributed by atoms with Crippen molar-refractivity contribution in [3.63, 3.8) is 0 Å². The quantitative estimate of drug-likeness (QED) is 0.549. The van der Waals surface area contributed by atoms with Crippen LogP contribution in [0.4, 0.5) is 0 Å². The van der Waals surface area contributed by atoms with Crippen molar-refractivity contribution < 1.29 is 14.8 Å². The highest BCUT2D eigenvalue weighted by Crippen LogP contribution is 2.28. The molecule has 0 aromatic carbocycles. The molecule has 0 saturated heterocycles. The molecular weight excluding hydrogens is 296 g/mol. The minimum absolute atomic E-state index is 0.0244. The second-order valence-corrected chi connectivity index (χ2v) is 6.41. The van der Waals surface area contributed by atoms with Gasteiger partial charge in [0.1, 0.15) is 0 Å². The van der Waals surface area contributed by atoms with Crippen LogP contribution in [0.5, 0.6) is 0 Å². The lowest BCUT2D eigenvalue weighted by atomic mass is 10.0. The summed E-state index contributed by atoms with van der Waals surface area (Å²) in [6.45, 7) is 3.97. The molecular formula is C16H24N4O3. The molecule has 1 aromatic rings. The highest BCUT2D eigenvalue weighted by Gasteiger charge is 2.24. The Morgan fingerprint density at radius 3 is 2.39 bits per heavy atom. The van der Waals surface area contributed by atoms with Crippen molar-refractivity contribution in [3.05, 3.63) is 23.8 Å². The molecule has 2 rings (SSSR count). The highest BCUT2D eigenvalue weighted by atomic mass is 16.5. The topological polar surface area (TPSA) is 104 Å². The number of nitrogens with one attached hydrogen (secondary N) is 2. The van der Waals surface area contributed by atoms with E-state index in [1.165, 1.54) is 30.7 Å². The Balaban J connectivity index is 2.02. The van der Waals surface area contributed by atoms with Gasteiger partial charge in [-0.2, -0.15) is 0 Å². The third kappa shape index (κ3) is 4.72. The molecule has 1 atom stereocenters. The van der Waals surface area contributed by atoms with E-state index in [2.05, 4.69) is 15.3 Å². The first kappa shape index (κ1) is 17.3. The Morgan fingerprint density at radius 2 is 1.87 bits per heavy atom. The first-order valence-electron chi connectivity index (χ1n) is 8.07. The van der Waals surface area contributed by atoms with E-state index >= 15 is 0 Å². The normalized spacial score (nSPS) is 16.3. The molecule has 0 aliphatic heterocycles. The van der Waals surface area contributed by atoms with E-state index in [4.69, 9.17) is 5.21 Å². The van der Waals surface area contributed by atoms with E-state index in [-0.39, 0.29) is 23.4 Å². The number of aromatic nitrogens is 2. The molecule has 1 heterocycles. The monoisotopic (exact) mass is 320 g/mol. The van der Waals surface area contributed by atoms with Gasteiger partial charge in [0.25, 0.3) is 5.91 Å². The highest BCUT2D eigenvalue weighted by molar-refractivity contribution is 5.92. The first-order chi connectivity index (χ1) is 11.0. The average molecular weight is 320 g/mol. The number of rotatable bonds is 6. The van der Waals surface area contributed by atoms with Crippen molar-refractivity contribution in [2.75, 3.05) is 0 Å². The third-order valence-corrected chi connectivity index (χ3v) is 4.25. The van der Waals surface area contributed by atoms with E-state index in [0.29, 0.717) is 18.2 Å². The Morgan fingerprint density at radius 1 is 1.26 bits per heavy atom. The average Bonchev–Trinajstić information content (AvgIpc) is 3.04. The third-order valence-electron chi connectivity index (χ3n) is 4.25. The number of hydrogen-bond acceptors (Lipinski definition) is 5. The number of amides is 2. The van der Waals surface area contributed by atoms with Crippen molar-refractivity contribution in [2.45, 2.75) is 52.0 Å². The van der Waals surface area contributed by atoms with Gasteiger partial charge in [0, 0.05) is 18.8 Å². The zero-order valence-electron chi connectivity index (χ0n) is 13.6. The maximum absolute atomic E-state index is 12.2. The molecule has 23 heavy (non-hydrogen) atoms. The molecule has 1 saturated carbocycles. The lowest BCUT2D eigenvalue weighted by molar-refractivity contribution is -0.123. The van der Waals surface area contributed by atoms with Gasteiger partial charge in [0.15, 0.2) is 5.82 Å². The van der Waals surface area contributed by atoms with E-state index in [0.717, 1.165) is 12.8 Å². The van der Waals surface area contributed by atoms with Crippen LogP contribution in [0.2, 0.25) is 0 Å². The molecule has 1 aliphatic rings. The molecule has 0 spiro atoms. The van der Waals surface area contributed by atoms with E-state index in [1.54, 1.807) is 0 Å². The number of carbonyl (C=O) groups excluding carboxylic acids is 2. The van der Waals surface area contributed by atoms with E-state index < -0.39 is 5.91 Å². The summed E-state index contributed by atoms with van der Waals surface area (Å²) >= 11 is 0. The Bertz CT molecular complexity index is 539. The number of hydrogen-bond donors (Lipinski definition) is 3. The second-order valence-electron chi connectivity index (χ2n) is 6.41. The zero-order chi connectivity index (χ0) is 16.8. The van der Waals surface area contributed by atoms with Crippen LogP contribution in [0, 0.1) is 11.8 Å². The van der Waals surface area contributed by atoms with Crippen LogP contribution in [0.15, 0.2) is 12.4 Å². The van der Waals surface area contributed by atoms with Crippen molar-refractivity contribution in [2.24, 2.45) is 11.8 Å². The number of hydroxylamine groups is 1. The SMILES string of the molecule is CC(C)[C@H](NC(=O)CC1CCCC1)c1ncc(C(=O)NO)cn1. The largest absolute Gasteiger partial charge is 0.346 e. The Hall–Kier alpha value is -2.02. The predicted octanol–water partition coefficient (Wildman–Crippen LogP) is 1.99. The van der Waals surface area contributed by atoms with Crippen LogP contribution in [0.3, 0.4) is 0 Å². The Labute approximate surface area is 135 Å². The molecule has 7 heteroatoms. The minimum atomic E-state index is -0.664. The summed E-state index contributed by atoms with van der Waals surface area (Å²) in [4.78, 5) is 31.8. The molecule has 1 aliphatic carbocycles. The van der Waals surface area contributed by atoms with Gasteiger partial charge in [0.2, 0.25) is 5.91 Å². The molecule has 0 unspecified atom stereocenters. The van der Waals surface area contributed by atoms with Gasteiger partial charge in [0.05, 0.1) is 11.6 Å². The van der Waals surface area contributed by atoms with Gasteiger partial charge in [-0.1, -0.05) is 26.7 Å². The van der Waals surface area contributed by atoms with Crippen molar-refractivity contribution in [1.82, 2.24) is 20.8 Å². The van der Waals surface area contributed by atoms with Crippen LogP contribution in [0.25, 0.3) is 0 Å². The summed E-state index contributed by atoms with van der Waals surface area (Å²) in [5.74, 6) is 0.438. The van der Waals surface area contributed by atoms with Crippen LogP contribution in [-0.4, -0.2) is 27.0 Å². The fourth-order valence-corrected chi connectivity index (χ4v) is 2.92. The molecule has 0 radical (unpaired) electrons. The predicted molar refractivity (Wildman–Crippen MR) is 83.6 cm³/mol. The lowest BCUT2D eigenvalue weighted by Gasteiger charge is -2.22. The van der Waals surface area contributed by atoms with Crippen molar-refractivity contribution >= 4 is 11.8 Å². The lowest BCUT2D eigenvalue weighted by Crippen LogP contribution is -2.34.